The third-order valence-corrected chi connectivity index (χ3v) is 28.4. The monoisotopic (exact) mass is 2030 g/mol. The Hall–Kier alpha value is -11.9. The van der Waals surface area contributed by atoms with Crippen LogP contribution in [0.1, 0.15) is 55.3 Å². The number of carbonyl (C=O) groups excluding carboxylic acids is 5. The van der Waals surface area contributed by atoms with Crippen molar-refractivity contribution >= 4 is 283 Å². The van der Waals surface area contributed by atoms with E-state index in [2.05, 4.69) is 102 Å². The standard InChI is InChI=1S/C18H9ClF2N4OS2.2C18H10ClFN4OS2.C18H11ClN4OS2.C15H13ClN4OS2/c19-9-1-3-12-14(7-9)22-6-5-15(12)27-18-25-24-17(28-18)23-16(26)11-4-2-10(20)8-13(11)21;19-11-4-5-13-14(9-11)21-7-6-15(13)26-18-24-23-17(27-18)22-16(25)10-2-1-3-12(20)8-10;19-10-5-6-12-14(9-10)21-8-7-15(12)26-18-24-23-17(27-18)22-16(25)11-3-1-2-4-13(11)20;19-12-6-7-13-14(10-12)20-9-8-15(13)25-18-23-22-17(26-18)21-16(24)11-4-2-1-3-5-11;1-8(2)13(21)18-14-19-20-15(23-14)22-12-5-6-17-11-7-9(16)3-4-10(11)12/h1-8H,(H,23,24,26);2*1-9H,(H,22,23,25);1-10H,(H,21,22,24);3-8H,1-2H3,(H,18,19,21). The quantitative estimate of drug-likeness (QED) is 0.0349. The SMILES string of the molecule is CC(C)C(=O)Nc1nnc(Sc2ccnc3cc(Cl)ccc23)s1.O=C(Nc1nnc(Sc2ccnc3cc(Cl)ccc23)s1)c1ccc(F)cc1F.O=C(Nc1nnc(Sc2ccnc3cc(Cl)ccc23)s1)c1cccc(F)c1.O=C(Nc1nnc(Sc2ccnc3cc(Cl)ccc23)s1)c1ccccc1.O=C(Nc1nnc(Sc2ccnc3cc(Cl)ccc23)s1)c1ccccc1F. The van der Waals surface area contributed by atoms with Gasteiger partial charge in [-0.05, 0) is 146 Å². The maximum Gasteiger partial charge on any atom is 0.260 e. The fourth-order valence-corrected chi connectivity index (χ4v) is 21.3. The van der Waals surface area contributed by atoms with Crippen molar-refractivity contribution in [2.75, 3.05) is 26.6 Å². The van der Waals surface area contributed by atoms with Gasteiger partial charge in [-0.15, -0.1) is 51.0 Å². The van der Waals surface area contributed by atoms with Crippen LogP contribution in [0, 0.1) is 29.2 Å². The maximum absolute atomic E-state index is 13.7. The lowest BCUT2D eigenvalue weighted by atomic mass is 10.2. The lowest BCUT2D eigenvalue weighted by Crippen LogP contribution is -2.17. The van der Waals surface area contributed by atoms with Crippen molar-refractivity contribution in [3.63, 3.8) is 0 Å². The van der Waals surface area contributed by atoms with Crippen LogP contribution in [0.2, 0.25) is 25.1 Å². The van der Waals surface area contributed by atoms with E-state index < -0.39 is 41.0 Å². The van der Waals surface area contributed by atoms with E-state index in [-0.39, 0.29) is 39.6 Å². The van der Waals surface area contributed by atoms with Crippen LogP contribution in [0.3, 0.4) is 0 Å². The summed E-state index contributed by atoms with van der Waals surface area (Å²) < 4.78 is 57.0. The minimum Gasteiger partial charge on any atom is -0.300 e. The first-order valence-corrected chi connectivity index (χ1v) is 47.8. The van der Waals surface area contributed by atoms with Crippen LogP contribution in [0.5, 0.6) is 0 Å². The Labute approximate surface area is 805 Å². The zero-order chi connectivity index (χ0) is 91.6. The summed E-state index contributed by atoms with van der Waals surface area (Å²) in [6.07, 6.45) is 8.54. The molecule has 25 nitrogen and oxygen atoms in total. The Morgan fingerprint density at radius 2 is 0.588 bits per heavy atom. The van der Waals surface area contributed by atoms with E-state index in [0.29, 0.717) is 70.3 Å². The van der Waals surface area contributed by atoms with Gasteiger partial charge in [0.2, 0.25) is 31.6 Å². The Balaban J connectivity index is 0.000000126. The highest BCUT2D eigenvalue weighted by atomic mass is 35.5. The minimum absolute atomic E-state index is 0.0427. The molecule has 10 aromatic heterocycles. The molecule has 654 valence electrons. The predicted molar refractivity (Wildman–Crippen MR) is 515 cm³/mol. The molecular formula is C87H53Cl5F4N20O5S10. The Kier molecular flexibility index (Phi) is 31.7. The van der Waals surface area contributed by atoms with Gasteiger partial charge in [-0.2, -0.15) is 0 Å². The van der Waals surface area contributed by atoms with Crippen molar-refractivity contribution in [2.45, 2.75) is 60.0 Å². The zero-order valence-corrected chi connectivity index (χ0v) is 78.4. The zero-order valence-electron chi connectivity index (χ0n) is 66.5. The van der Waals surface area contributed by atoms with Gasteiger partial charge in [0.1, 0.15) is 23.3 Å². The van der Waals surface area contributed by atoms with Gasteiger partial charge in [0.15, 0.2) is 21.7 Å². The summed E-state index contributed by atoms with van der Waals surface area (Å²) in [6.45, 7) is 3.67. The molecule has 0 aliphatic rings. The van der Waals surface area contributed by atoms with Crippen molar-refractivity contribution in [3.8, 4) is 0 Å². The van der Waals surface area contributed by atoms with Crippen LogP contribution in [-0.2, 0) is 4.79 Å². The highest BCUT2D eigenvalue weighted by molar-refractivity contribution is 8.02. The summed E-state index contributed by atoms with van der Waals surface area (Å²) in [5.41, 5.74) is 4.46. The molecule has 5 amide bonds. The first kappa shape index (κ1) is 93.8. The number of hydrogen-bond donors (Lipinski definition) is 5. The minimum atomic E-state index is -0.946. The number of halogens is 9. The molecule has 0 atom stereocenters. The van der Waals surface area contributed by atoms with Crippen molar-refractivity contribution in [2.24, 2.45) is 5.92 Å². The maximum atomic E-state index is 13.7. The van der Waals surface area contributed by atoms with Crippen LogP contribution in [-0.4, -0.2) is 105 Å². The molecule has 5 N–H and O–H groups in total. The van der Waals surface area contributed by atoms with Gasteiger partial charge in [0.25, 0.3) is 23.6 Å². The number of nitrogens with one attached hydrogen (secondary N) is 5. The fraction of sp³-hybridized carbons (Fsp3) is 0.0345. The number of nitrogens with zero attached hydrogens (tertiary/aromatic N) is 15. The van der Waals surface area contributed by atoms with Gasteiger partial charge in [-0.1, -0.05) is 254 Å². The van der Waals surface area contributed by atoms with Gasteiger partial charge in [0, 0.05) is 131 Å². The van der Waals surface area contributed by atoms with Crippen LogP contribution >= 0.6 is 173 Å². The van der Waals surface area contributed by atoms with Crippen molar-refractivity contribution in [3.05, 3.63) is 320 Å². The Morgan fingerprint density at radius 1 is 0.290 bits per heavy atom. The molecule has 0 aliphatic heterocycles. The van der Waals surface area contributed by atoms with Crippen molar-refractivity contribution in [1.29, 1.82) is 0 Å². The molecule has 10 heterocycles. The van der Waals surface area contributed by atoms with Crippen LogP contribution < -0.4 is 26.6 Å². The van der Waals surface area contributed by atoms with Gasteiger partial charge in [0.05, 0.1) is 38.7 Å². The molecule has 131 heavy (non-hydrogen) atoms. The third kappa shape index (κ3) is 25.4. The van der Waals surface area contributed by atoms with E-state index in [9.17, 15) is 41.5 Å². The van der Waals surface area contributed by atoms with Crippen LogP contribution in [0.4, 0.5) is 43.2 Å². The summed E-state index contributed by atoms with van der Waals surface area (Å²) in [7, 11) is 0. The normalized spacial score (nSPS) is 10.9. The molecule has 44 heteroatoms. The van der Waals surface area contributed by atoms with Crippen LogP contribution in [0.25, 0.3) is 54.5 Å². The molecule has 0 saturated heterocycles. The van der Waals surface area contributed by atoms with E-state index in [0.717, 1.165) is 111 Å². The molecule has 0 radical (unpaired) electrons. The predicted octanol–water partition coefficient (Wildman–Crippen LogP) is 25.6. The molecule has 19 aromatic rings. The van der Waals surface area contributed by atoms with Gasteiger partial charge >= 0.3 is 0 Å². The first-order valence-electron chi connectivity index (χ1n) is 37.7. The second-order valence-electron chi connectivity index (χ2n) is 26.7. The number of amides is 5. The van der Waals surface area contributed by atoms with E-state index in [1.165, 1.54) is 147 Å². The molecule has 0 fully saturated rings. The van der Waals surface area contributed by atoms with E-state index in [1.54, 1.807) is 85.6 Å². The number of hydrogen-bond acceptors (Lipinski definition) is 30. The molecular weight excluding hydrogens is 1980 g/mol. The van der Waals surface area contributed by atoms with Crippen molar-refractivity contribution < 1.29 is 41.5 Å². The number of fused-ring (bicyclic) bond motifs is 5. The summed E-state index contributed by atoms with van der Waals surface area (Å²) >= 11 is 43.5. The summed E-state index contributed by atoms with van der Waals surface area (Å²) in [5, 5.41) is 63.3. The lowest BCUT2D eigenvalue weighted by Gasteiger charge is -2.04. The molecule has 0 unspecified atom stereocenters. The first-order chi connectivity index (χ1) is 63.4. The molecule has 19 rings (SSSR count). The van der Waals surface area contributed by atoms with E-state index in [4.69, 9.17) is 58.0 Å². The molecule has 0 bridgehead atoms. The third-order valence-electron chi connectivity index (χ3n) is 17.4. The Morgan fingerprint density at radius 3 is 0.916 bits per heavy atom. The lowest BCUT2D eigenvalue weighted by molar-refractivity contribution is -0.118. The molecule has 0 spiro atoms. The number of carbonyl (C=O) groups is 5. The number of rotatable bonds is 20. The highest BCUT2D eigenvalue weighted by Crippen LogP contribution is 2.43. The smallest absolute Gasteiger partial charge is 0.260 e. The van der Waals surface area contributed by atoms with Gasteiger partial charge in [-0.25, -0.2) is 17.6 Å². The number of aromatic nitrogens is 15. The topological polar surface area (TPSA) is 339 Å². The van der Waals surface area contributed by atoms with E-state index >= 15 is 0 Å². The fourth-order valence-electron chi connectivity index (χ4n) is 11.4. The number of benzene rings is 9. The second kappa shape index (κ2) is 44.3. The van der Waals surface area contributed by atoms with Gasteiger partial charge in [-0.3, -0.25) is 70.2 Å². The summed E-state index contributed by atoms with van der Waals surface area (Å²) in [5.74, 6) is -4.86. The summed E-state index contributed by atoms with van der Waals surface area (Å²) in [6, 6.07) is 60.0. The molecule has 0 aliphatic carbocycles. The largest absolute Gasteiger partial charge is 0.300 e. The van der Waals surface area contributed by atoms with E-state index in [1.807, 2.05) is 117 Å². The second-order valence-corrected chi connectivity index (χ2v) is 40.2. The Bertz CT molecular complexity index is 7470. The molecule has 9 aromatic carbocycles. The van der Waals surface area contributed by atoms with Crippen molar-refractivity contribution in [1.82, 2.24) is 75.9 Å². The summed E-state index contributed by atoms with van der Waals surface area (Å²) in [4.78, 5) is 86.8. The average molecular weight is 2030 g/mol. The molecule has 0 saturated carbocycles. The average Bonchev–Trinajstić information content (AvgIpc) is 1.65. The van der Waals surface area contributed by atoms with Crippen LogP contribution in [0.15, 0.2) is 296 Å². The number of pyridine rings is 5. The number of anilines is 5. The highest BCUT2D eigenvalue weighted by Gasteiger charge is 2.22. The van der Waals surface area contributed by atoms with Gasteiger partial charge < -0.3 is 5.32 Å².